The van der Waals surface area contributed by atoms with Crippen molar-refractivity contribution in [1.82, 2.24) is 65.1 Å². The number of aromatic nitrogens is 2. The maximum atomic E-state index is 15.4. The van der Waals surface area contributed by atoms with Crippen LogP contribution in [-0.4, -0.2) is 248 Å². The lowest BCUT2D eigenvalue weighted by molar-refractivity contribution is -0.157. The number of amides is 11. The van der Waals surface area contributed by atoms with Crippen molar-refractivity contribution < 1.29 is 63.0 Å². The molecule has 13 atom stereocenters. The van der Waals surface area contributed by atoms with E-state index in [0.717, 1.165) is 9.80 Å². The van der Waals surface area contributed by atoms with Crippen LogP contribution >= 0.6 is 0 Å². The van der Waals surface area contributed by atoms with Gasteiger partial charge in [0.05, 0.1) is 6.10 Å². The second kappa shape index (κ2) is 36.7. The van der Waals surface area contributed by atoms with E-state index in [9.17, 15) is 43.8 Å². The molecule has 0 aromatic carbocycles. The Morgan fingerprint density at radius 2 is 0.902 bits per heavy atom. The number of nitrogens with one attached hydrogen (secondary N) is 4. The summed E-state index contributed by atoms with van der Waals surface area (Å²) < 4.78 is 1.81. The highest BCUT2D eigenvalue weighted by atomic mass is 16.3. The maximum Gasteiger partial charge on any atom is 0.246 e. The highest BCUT2D eigenvalue weighted by Crippen LogP contribution is 2.26. The number of hydrogen-bond donors (Lipinski definition) is 6. The largest absolute Gasteiger partial charge is 0.396 e. The zero-order valence-electron chi connectivity index (χ0n) is 59.9. The van der Waals surface area contributed by atoms with Crippen molar-refractivity contribution in [2.24, 2.45) is 41.4 Å². The van der Waals surface area contributed by atoms with Gasteiger partial charge in [-0.1, -0.05) is 96.9 Å². The van der Waals surface area contributed by atoms with E-state index in [4.69, 9.17) is 0 Å². The zero-order chi connectivity index (χ0) is 70.8. The summed E-state index contributed by atoms with van der Waals surface area (Å²) in [6.07, 6.45) is 2.69. The van der Waals surface area contributed by atoms with Crippen LogP contribution in [0, 0.1) is 41.4 Å². The average Bonchev–Trinajstić information content (AvgIpc) is 0.849. The van der Waals surface area contributed by atoms with Gasteiger partial charge >= 0.3 is 0 Å². The zero-order valence-corrected chi connectivity index (χ0v) is 59.9. The van der Waals surface area contributed by atoms with Crippen molar-refractivity contribution in [3.8, 4) is 0 Å². The van der Waals surface area contributed by atoms with E-state index in [1.807, 2.05) is 60.0 Å². The fraction of sp³-hybridized carbons (Fsp3) is 0.788. The van der Waals surface area contributed by atoms with Crippen LogP contribution in [0.15, 0.2) is 12.4 Å². The molecular formula is C66H117N13O13. The molecule has 0 spiro atoms. The Morgan fingerprint density at radius 1 is 0.467 bits per heavy atom. The summed E-state index contributed by atoms with van der Waals surface area (Å²) in [7, 11) is 9.87. The molecule has 11 amide bonds. The van der Waals surface area contributed by atoms with Crippen molar-refractivity contribution in [2.45, 2.75) is 242 Å². The van der Waals surface area contributed by atoms with Gasteiger partial charge in [0.15, 0.2) is 0 Å². The van der Waals surface area contributed by atoms with Crippen LogP contribution in [0.3, 0.4) is 0 Å². The lowest BCUT2D eigenvalue weighted by Gasteiger charge is -2.41. The molecule has 1 fully saturated rings. The van der Waals surface area contributed by atoms with E-state index in [2.05, 4.69) is 26.3 Å². The first kappa shape index (κ1) is 81.4. The van der Waals surface area contributed by atoms with Crippen molar-refractivity contribution in [3.05, 3.63) is 18.2 Å². The molecule has 0 saturated carbocycles. The SMILES string of the molecule is CC[C@@H]1NC(=O)[C@@H]([C@H](O)[C@H](C)Cc2nccn2CCCO)N(C)C(=O)[C@H](C(C)C)N(C)C(=O)[C@H](CC(C)C)N(C)C(=O)[C@H](CC(C)C)N(C)C(=O)[C@@H](C)NC(=O)[C@H](C)NC(=O)[C@H](CC(C)C)N(C)C(=O)[C@H](C(C)C)NC(=O)[C@H](CC(C)C)N(C)C(=O)[C@@H](C)N(C)C1=O. The molecule has 0 radical (unpaired) electrons. The first-order valence-electron chi connectivity index (χ1n) is 33.0. The van der Waals surface area contributed by atoms with Crippen molar-refractivity contribution >= 4 is 65.0 Å². The third-order valence-electron chi connectivity index (χ3n) is 17.7. The molecular weight excluding hydrogens is 1180 g/mol. The third-order valence-corrected chi connectivity index (χ3v) is 17.7. The van der Waals surface area contributed by atoms with Crippen LogP contribution in [0.2, 0.25) is 0 Å². The summed E-state index contributed by atoms with van der Waals surface area (Å²) in [5, 5.41) is 33.2. The minimum atomic E-state index is -1.72. The number of hydrogen-bond acceptors (Lipinski definition) is 14. The molecule has 1 aliphatic heterocycles. The van der Waals surface area contributed by atoms with E-state index in [0.29, 0.717) is 18.8 Å². The Hall–Kier alpha value is -6.70. The number of nitrogens with zero attached hydrogens (tertiary/aromatic N) is 9. The topological polar surface area (TPSA) is 317 Å². The van der Waals surface area contributed by atoms with Gasteiger partial charge in [0.1, 0.15) is 72.3 Å². The maximum absolute atomic E-state index is 15.4. The van der Waals surface area contributed by atoms with Crippen LogP contribution in [0.5, 0.6) is 0 Å². The molecule has 0 bridgehead atoms. The number of carbonyl (C=O) groups excluding carboxylic acids is 11. The molecule has 1 aromatic rings. The van der Waals surface area contributed by atoms with Gasteiger partial charge in [-0.25, -0.2) is 4.98 Å². The van der Waals surface area contributed by atoms with Gasteiger partial charge in [-0.2, -0.15) is 0 Å². The van der Waals surface area contributed by atoms with Gasteiger partial charge in [-0.05, 0) is 101 Å². The van der Waals surface area contributed by atoms with E-state index in [1.165, 1.54) is 94.6 Å². The molecule has 0 aliphatic carbocycles. The van der Waals surface area contributed by atoms with Crippen molar-refractivity contribution in [3.63, 3.8) is 0 Å². The van der Waals surface area contributed by atoms with Crippen LogP contribution < -0.4 is 21.3 Å². The van der Waals surface area contributed by atoms with Gasteiger partial charge in [0, 0.05) is 81.3 Å². The standard InChI is InChI=1S/C66H117N13O13/c1-25-46-62(88)72(18)45(17)61(87)73(19)48(32-37(4)5)58(84)71-52(40(10)11)65(91)74(20)47(31-36(2)3)57(83)68-43(15)56(82)69-44(16)60(86)75(21)49(33-38(6)7)63(89)76(22)50(34-39(8)9)64(90)77(23)53(41(12)13)66(92)78(24)54(59(85)70-46)55(81)42(14)35-51-67-27-29-79(51)28-26-30-80/h27,29,36-50,52-55,80-81H,25-26,28,30-35H2,1-24H3,(H,68,83)(H,69,82)(H,70,85)(H,71,84)/t42-,43+,44-,45-,46+,47+,48+,49+,50+,52+,53+,54-,55-/m1/s1. The molecule has 1 saturated heterocycles. The van der Waals surface area contributed by atoms with Crippen LogP contribution in [-0.2, 0) is 65.7 Å². The molecule has 1 aromatic heterocycles. The number of carbonyl (C=O) groups is 11. The Labute approximate surface area is 548 Å². The second-order valence-electron chi connectivity index (χ2n) is 28.0. The van der Waals surface area contributed by atoms with Gasteiger partial charge in [0.2, 0.25) is 65.0 Å². The number of aliphatic hydroxyl groups excluding tert-OH is 2. The molecule has 2 heterocycles. The Kier molecular flexibility index (Phi) is 32.4. The van der Waals surface area contributed by atoms with Gasteiger partial charge in [0.25, 0.3) is 0 Å². The Balaban J connectivity index is 3.05. The van der Waals surface area contributed by atoms with E-state index in [-0.39, 0.29) is 68.8 Å². The lowest BCUT2D eigenvalue weighted by atomic mass is 9.91. The van der Waals surface area contributed by atoms with Crippen molar-refractivity contribution in [1.29, 1.82) is 0 Å². The third kappa shape index (κ3) is 21.7. The van der Waals surface area contributed by atoms with Gasteiger partial charge in [-0.3, -0.25) is 52.7 Å². The minimum absolute atomic E-state index is 0.0223. The molecule has 0 unspecified atom stereocenters. The number of aliphatic hydroxyl groups is 2. The minimum Gasteiger partial charge on any atom is -0.396 e. The van der Waals surface area contributed by atoms with Crippen molar-refractivity contribution in [2.75, 3.05) is 55.9 Å². The normalized spacial score (nSPS) is 26.5. The number of likely N-dealkylation sites (N-methyl/N-ethyl adjacent to an activating group) is 7. The van der Waals surface area contributed by atoms with Crippen LogP contribution in [0.4, 0.5) is 0 Å². The molecule has 524 valence electrons. The summed E-state index contributed by atoms with van der Waals surface area (Å²) >= 11 is 0. The summed E-state index contributed by atoms with van der Waals surface area (Å²) in [5.41, 5.74) is 0. The van der Waals surface area contributed by atoms with Gasteiger partial charge in [-0.15, -0.1) is 0 Å². The first-order valence-corrected chi connectivity index (χ1v) is 33.0. The fourth-order valence-corrected chi connectivity index (χ4v) is 11.8. The summed E-state index contributed by atoms with van der Waals surface area (Å²) in [4.78, 5) is 175. The molecule has 92 heavy (non-hydrogen) atoms. The quantitative estimate of drug-likeness (QED) is 0.123. The molecule has 26 nitrogen and oxygen atoms in total. The van der Waals surface area contributed by atoms with E-state index in [1.54, 1.807) is 53.9 Å². The van der Waals surface area contributed by atoms with Crippen LogP contribution in [0.25, 0.3) is 0 Å². The number of aryl methyl sites for hydroxylation is 1. The molecule has 26 heteroatoms. The first-order chi connectivity index (χ1) is 42.6. The predicted molar refractivity (Wildman–Crippen MR) is 351 cm³/mol. The Bertz CT molecular complexity index is 2660. The summed E-state index contributed by atoms with van der Waals surface area (Å²) in [5.74, 6) is -9.78. The highest BCUT2D eigenvalue weighted by molar-refractivity contribution is 6.00. The number of imidazole rings is 1. The average molecular weight is 1300 g/mol. The van der Waals surface area contributed by atoms with E-state index < -0.39 is 155 Å². The van der Waals surface area contributed by atoms with Gasteiger partial charge < -0.3 is 70.3 Å². The Morgan fingerprint density at radius 3 is 1.37 bits per heavy atom. The monoisotopic (exact) mass is 1300 g/mol. The molecule has 6 N–H and O–H groups in total. The smallest absolute Gasteiger partial charge is 0.246 e. The second-order valence-corrected chi connectivity index (χ2v) is 28.0. The predicted octanol–water partition coefficient (Wildman–Crippen LogP) is 2.51. The number of rotatable bonds is 18. The van der Waals surface area contributed by atoms with E-state index >= 15 is 19.2 Å². The summed E-state index contributed by atoms with van der Waals surface area (Å²) in [6, 6.07) is -14.0. The molecule has 2 rings (SSSR count). The lowest BCUT2D eigenvalue weighted by Crippen LogP contribution is -2.64. The summed E-state index contributed by atoms with van der Waals surface area (Å²) in [6.45, 7) is 29.7. The molecule has 1 aliphatic rings. The fourth-order valence-electron chi connectivity index (χ4n) is 11.8. The van der Waals surface area contributed by atoms with Crippen LogP contribution in [0.1, 0.15) is 162 Å². The highest BCUT2D eigenvalue weighted by Gasteiger charge is 2.46.